The normalized spacial score (nSPS) is 10.6. The van der Waals surface area contributed by atoms with Gasteiger partial charge in [0.15, 0.2) is 0 Å². The number of thioether (sulfide) groups is 1. The molecule has 0 amide bonds. The fraction of sp³-hybridized carbons (Fsp3) is 0.286. The third-order valence-electron chi connectivity index (χ3n) is 2.53. The molecular weight excluding hydrogens is 242 g/mol. The Balaban J connectivity index is 1.90. The Morgan fingerprint density at radius 1 is 1.00 bits per heavy atom. The summed E-state index contributed by atoms with van der Waals surface area (Å²) in [5.74, 6) is 2.33. The van der Waals surface area contributed by atoms with Gasteiger partial charge in [-0.15, -0.1) is 0 Å². The number of benzene rings is 1. The minimum Gasteiger partial charge on any atom is -0.382 e. The van der Waals surface area contributed by atoms with Crippen LogP contribution in [-0.4, -0.2) is 9.97 Å². The number of aryl methyl sites for hydroxylation is 2. The van der Waals surface area contributed by atoms with Gasteiger partial charge in [0.2, 0.25) is 0 Å². The van der Waals surface area contributed by atoms with Crippen LogP contribution in [0.5, 0.6) is 0 Å². The van der Waals surface area contributed by atoms with Gasteiger partial charge >= 0.3 is 0 Å². The predicted molar refractivity (Wildman–Crippen MR) is 77.4 cm³/mol. The van der Waals surface area contributed by atoms with Crippen molar-refractivity contribution < 1.29 is 0 Å². The standard InChI is InChI=1S/C14H17N3S/c1-10-3-11(2)5-12(4-10)8-18-9-13-6-17-14(15)7-16-13/h3-7H,8-9H2,1-2H3,(H2,15,17). The lowest BCUT2D eigenvalue weighted by molar-refractivity contribution is 1.11. The Bertz CT molecular complexity index is 503. The van der Waals surface area contributed by atoms with Crippen molar-refractivity contribution in [2.24, 2.45) is 0 Å². The third kappa shape index (κ3) is 3.74. The average Bonchev–Trinajstić information content (AvgIpc) is 2.30. The monoisotopic (exact) mass is 259 g/mol. The van der Waals surface area contributed by atoms with Crippen LogP contribution in [-0.2, 0) is 11.5 Å². The maximum atomic E-state index is 5.50. The first-order valence-corrected chi connectivity index (χ1v) is 7.00. The molecule has 1 aromatic carbocycles. The molecule has 0 aliphatic heterocycles. The summed E-state index contributed by atoms with van der Waals surface area (Å²) in [5, 5.41) is 0. The number of nitrogen functional groups attached to an aromatic ring is 1. The molecule has 2 rings (SSSR count). The van der Waals surface area contributed by atoms with Crippen molar-refractivity contribution in [2.75, 3.05) is 5.73 Å². The minimum absolute atomic E-state index is 0.470. The summed E-state index contributed by atoms with van der Waals surface area (Å²) >= 11 is 1.84. The van der Waals surface area contributed by atoms with Crippen LogP contribution < -0.4 is 5.73 Å². The largest absolute Gasteiger partial charge is 0.382 e. The van der Waals surface area contributed by atoms with Crippen LogP contribution in [0.1, 0.15) is 22.4 Å². The molecule has 94 valence electrons. The van der Waals surface area contributed by atoms with E-state index in [4.69, 9.17) is 5.73 Å². The van der Waals surface area contributed by atoms with Crippen LogP contribution >= 0.6 is 11.8 Å². The Hall–Kier alpha value is -1.55. The van der Waals surface area contributed by atoms with Gasteiger partial charge in [-0.3, -0.25) is 4.98 Å². The van der Waals surface area contributed by atoms with E-state index in [-0.39, 0.29) is 0 Å². The molecule has 0 saturated heterocycles. The average molecular weight is 259 g/mol. The first-order valence-electron chi connectivity index (χ1n) is 5.85. The maximum Gasteiger partial charge on any atom is 0.141 e. The van der Waals surface area contributed by atoms with Crippen molar-refractivity contribution in [2.45, 2.75) is 25.4 Å². The molecule has 0 radical (unpaired) electrons. The van der Waals surface area contributed by atoms with E-state index in [1.165, 1.54) is 16.7 Å². The first kappa shape index (κ1) is 12.9. The highest BCUT2D eigenvalue weighted by Crippen LogP contribution is 2.18. The van der Waals surface area contributed by atoms with E-state index in [2.05, 4.69) is 42.0 Å². The van der Waals surface area contributed by atoms with Crippen LogP contribution in [0.2, 0.25) is 0 Å². The van der Waals surface area contributed by atoms with E-state index in [0.29, 0.717) is 5.82 Å². The van der Waals surface area contributed by atoms with E-state index < -0.39 is 0 Å². The Kier molecular flexibility index (Phi) is 4.20. The summed E-state index contributed by atoms with van der Waals surface area (Å²) in [6, 6.07) is 6.66. The molecule has 1 heterocycles. The molecule has 0 aliphatic rings. The summed E-state index contributed by atoms with van der Waals surface area (Å²) in [4.78, 5) is 8.27. The smallest absolute Gasteiger partial charge is 0.141 e. The van der Waals surface area contributed by atoms with E-state index in [1.807, 2.05) is 11.8 Å². The number of aromatic nitrogens is 2. The Morgan fingerprint density at radius 2 is 1.72 bits per heavy atom. The van der Waals surface area contributed by atoms with Gasteiger partial charge in [-0.2, -0.15) is 11.8 Å². The highest BCUT2D eigenvalue weighted by atomic mass is 32.2. The number of hydrogen-bond acceptors (Lipinski definition) is 4. The second-order valence-electron chi connectivity index (χ2n) is 4.42. The molecule has 2 aromatic rings. The number of anilines is 1. The molecule has 1 aromatic heterocycles. The number of rotatable bonds is 4. The first-order chi connectivity index (χ1) is 8.63. The lowest BCUT2D eigenvalue weighted by Gasteiger charge is -2.05. The Morgan fingerprint density at radius 3 is 2.33 bits per heavy atom. The summed E-state index contributed by atoms with van der Waals surface area (Å²) in [7, 11) is 0. The topological polar surface area (TPSA) is 51.8 Å². The third-order valence-corrected chi connectivity index (χ3v) is 3.56. The molecule has 4 heteroatoms. The summed E-state index contributed by atoms with van der Waals surface area (Å²) in [6.07, 6.45) is 3.34. The van der Waals surface area contributed by atoms with Crippen molar-refractivity contribution in [3.05, 3.63) is 53.0 Å². The Labute approximate surface area is 112 Å². The van der Waals surface area contributed by atoms with E-state index >= 15 is 0 Å². The van der Waals surface area contributed by atoms with E-state index in [9.17, 15) is 0 Å². The van der Waals surface area contributed by atoms with Crippen LogP contribution in [0.15, 0.2) is 30.6 Å². The van der Waals surface area contributed by atoms with Gasteiger partial charge in [0.05, 0.1) is 18.1 Å². The zero-order valence-corrected chi connectivity index (χ0v) is 11.5. The summed E-state index contributed by atoms with van der Waals surface area (Å²) < 4.78 is 0. The molecule has 18 heavy (non-hydrogen) atoms. The zero-order chi connectivity index (χ0) is 13.0. The molecular formula is C14H17N3S. The minimum atomic E-state index is 0.470. The van der Waals surface area contributed by atoms with Crippen molar-refractivity contribution >= 4 is 17.6 Å². The van der Waals surface area contributed by atoms with Gasteiger partial charge in [0.25, 0.3) is 0 Å². The van der Waals surface area contributed by atoms with Crippen molar-refractivity contribution in [1.82, 2.24) is 9.97 Å². The lowest BCUT2D eigenvalue weighted by atomic mass is 10.1. The molecule has 0 fully saturated rings. The maximum absolute atomic E-state index is 5.50. The van der Waals surface area contributed by atoms with Gasteiger partial charge in [0, 0.05) is 11.5 Å². The molecule has 0 saturated carbocycles. The number of nitrogens with two attached hydrogens (primary N) is 1. The zero-order valence-electron chi connectivity index (χ0n) is 10.7. The fourth-order valence-electron chi connectivity index (χ4n) is 1.87. The molecule has 0 spiro atoms. The highest BCUT2D eigenvalue weighted by molar-refractivity contribution is 7.97. The second kappa shape index (κ2) is 5.87. The summed E-state index contributed by atoms with van der Waals surface area (Å²) in [5.41, 5.74) is 10.5. The molecule has 2 N–H and O–H groups in total. The van der Waals surface area contributed by atoms with Crippen molar-refractivity contribution in [1.29, 1.82) is 0 Å². The highest BCUT2D eigenvalue weighted by Gasteiger charge is 1.99. The molecule has 0 atom stereocenters. The molecule has 3 nitrogen and oxygen atoms in total. The van der Waals surface area contributed by atoms with E-state index in [0.717, 1.165) is 17.2 Å². The van der Waals surface area contributed by atoms with Crippen LogP contribution in [0.4, 0.5) is 5.82 Å². The van der Waals surface area contributed by atoms with Gasteiger partial charge in [-0.1, -0.05) is 29.3 Å². The predicted octanol–water partition coefficient (Wildman–Crippen LogP) is 3.11. The van der Waals surface area contributed by atoms with Crippen molar-refractivity contribution in [3.8, 4) is 0 Å². The van der Waals surface area contributed by atoms with Gasteiger partial charge in [-0.25, -0.2) is 4.98 Å². The SMILES string of the molecule is Cc1cc(C)cc(CSCc2cnc(N)cn2)c1. The van der Waals surface area contributed by atoms with Crippen LogP contribution in [0, 0.1) is 13.8 Å². The fourth-order valence-corrected chi connectivity index (χ4v) is 2.73. The number of nitrogens with zero attached hydrogens (tertiary/aromatic N) is 2. The van der Waals surface area contributed by atoms with Crippen LogP contribution in [0.3, 0.4) is 0 Å². The quantitative estimate of drug-likeness (QED) is 0.916. The summed E-state index contributed by atoms with van der Waals surface area (Å²) in [6.45, 7) is 4.26. The lowest BCUT2D eigenvalue weighted by Crippen LogP contribution is -1.94. The molecule has 0 unspecified atom stereocenters. The van der Waals surface area contributed by atoms with Gasteiger partial charge in [-0.05, 0) is 19.4 Å². The molecule has 0 bridgehead atoms. The van der Waals surface area contributed by atoms with Crippen LogP contribution in [0.25, 0.3) is 0 Å². The molecule has 0 aliphatic carbocycles. The van der Waals surface area contributed by atoms with Crippen molar-refractivity contribution in [3.63, 3.8) is 0 Å². The van der Waals surface area contributed by atoms with Gasteiger partial charge < -0.3 is 5.73 Å². The second-order valence-corrected chi connectivity index (χ2v) is 5.41. The van der Waals surface area contributed by atoms with E-state index in [1.54, 1.807) is 12.4 Å². The number of hydrogen-bond donors (Lipinski definition) is 1. The van der Waals surface area contributed by atoms with Gasteiger partial charge in [0.1, 0.15) is 5.82 Å².